The first-order valence-electron chi connectivity index (χ1n) is 3.88. The van der Waals surface area contributed by atoms with Crippen molar-refractivity contribution in [3.05, 3.63) is 27.7 Å². The van der Waals surface area contributed by atoms with Gasteiger partial charge in [0.05, 0.1) is 5.69 Å². The third-order valence-electron chi connectivity index (χ3n) is 1.39. The van der Waals surface area contributed by atoms with Gasteiger partial charge in [0, 0.05) is 9.50 Å². The Labute approximate surface area is 100 Å². The van der Waals surface area contributed by atoms with Crippen LogP contribution in [0.2, 0.25) is 5.02 Å². The largest absolute Gasteiger partial charge is 0.370 e. The summed E-state index contributed by atoms with van der Waals surface area (Å²) in [4.78, 5) is 7.55. The average Bonchev–Trinajstić information content (AvgIpc) is 2.10. The van der Waals surface area contributed by atoms with E-state index in [2.05, 4.69) is 25.9 Å². The van der Waals surface area contributed by atoms with E-state index in [1.807, 2.05) is 0 Å². The summed E-state index contributed by atoms with van der Waals surface area (Å²) in [5.41, 5.74) is 16.3. The van der Waals surface area contributed by atoms with Crippen LogP contribution in [-0.2, 0) is 0 Å². The highest BCUT2D eigenvalue weighted by Crippen LogP contribution is 2.28. The van der Waals surface area contributed by atoms with Crippen molar-refractivity contribution in [1.29, 1.82) is 0 Å². The highest BCUT2D eigenvalue weighted by molar-refractivity contribution is 9.10. The molecule has 0 aliphatic heterocycles. The highest BCUT2D eigenvalue weighted by Gasteiger charge is 2.00. The molecule has 0 unspecified atom stereocenters. The molecule has 0 aliphatic rings. The summed E-state index contributed by atoms with van der Waals surface area (Å²) in [7, 11) is 0. The summed E-state index contributed by atoms with van der Waals surface area (Å²) >= 11 is 9.08. The van der Waals surface area contributed by atoms with Crippen LogP contribution in [0.1, 0.15) is 0 Å². The predicted octanol–water partition coefficient (Wildman–Crippen LogP) is 1.32. The Kier molecular flexibility index (Phi) is 3.93. The Bertz CT molecular complexity index is 425. The maximum atomic E-state index is 5.79. The number of nitrogens with zero attached hydrogens (tertiary/aromatic N) is 2. The molecule has 15 heavy (non-hydrogen) atoms. The van der Waals surface area contributed by atoms with E-state index in [4.69, 9.17) is 28.8 Å². The molecule has 0 radical (unpaired) electrons. The van der Waals surface area contributed by atoms with Gasteiger partial charge in [-0.05, 0) is 34.1 Å². The molecule has 6 N–H and O–H groups in total. The van der Waals surface area contributed by atoms with Crippen molar-refractivity contribution < 1.29 is 0 Å². The Morgan fingerprint density at radius 1 is 1.27 bits per heavy atom. The summed E-state index contributed by atoms with van der Waals surface area (Å²) in [6, 6.07) is 5.12. The van der Waals surface area contributed by atoms with E-state index in [1.54, 1.807) is 18.2 Å². The maximum Gasteiger partial charge on any atom is 0.223 e. The molecule has 0 aliphatic carbocycles. The topological polar surface area (TPSA) is 103 Å². The summed E-state index contributed by atoms with van der Waals surface area (Å²) in [6.45, 7) is 0. The summed E-state index contributed by atoms with van der Waals surface area (Å²) in [5, 5.41) is 0.550. The smallest absolute Gasteiger partial charge is 0.223 e. The van der Waals surface area contributed by atoms with E-state index in [9.17, 15) is 0 Å². The molecule has 5 nitrogen and oxygen atoms in total. The number of halogens is 2. The summed E-state index contributed by atoms with van der Waals surface area (Å²) < 4.78 is 0.751. The van der Waals surface area contributed by atoms with Crippen molar-refractivity contribution in [2.24, 2.45) is 27.2 Å². The normalized spacial score (nSPS) is 11.2. The zero-order chi connectivity index (χ0) is 11.4. The van der Waals surface area contributed by atoms with Crippen LogP contribution in [0.25, 0.3) is 0 Å². The molecule has 0 bridgehead atoms. The van der Waals surface area contributed by atoms with Crippen LogP contribution >= 0.6 is 27.5 Å². The fourth-order valence-electron chi connectivity index (χ4n) is 0.852. The first-order valence-corrected chi connectivity index (χ1v) is 5.05. The number of benzene rings is 1. The Balaban J connectivity index is 3.07. The highest BCUT2D eigenvalue weighted by atomic mass is 79.9. The first kappa shape index (κ1) is 11.8. The second kappa shape index (κ2) is 4.99. The second-order valence-corrected chi connectivity index (χ2v) is 3.89. The third kappa shape index (κ3) is 3.77. The molecule has 1 aromatic rings. The fraction of sp³-hybridized carbons (Fsp3) is 0. The minimum Gasteiger partial charge on any atom is -0.370 e. The lowest BCUT2D eigenvalue weighted by Gasteiger charge is -1.99. The van der Waals surface area contributed by atoms with Crippen LogP contribution in [0.4, 0.5) is 5.69 Å². The van der Waals surface area contributed by atoms with Crippen molar-refractivity contribution in [1.82, 2.24) is 0 Å². The molecular weight excluding hydrogens is 281 g/mol. The molecule has 0 atom stereocenters. The van der Waals surface area contributed by atoms with Gasteiger partial charge in [-0.3, -0.25) is 0 Å². The van der Waals surface area contributed by atoms with Gasteiger partial charge in [0.15, 0.2) is 5.96 Å². The molecule has 0 aromatic heterocycles. The van der Waals surface area contributed by atoms with Crippen LogP contribution < -0.4 is 17.2 Å². The SMILES string of the molecule is NC(N)=NC(N)=Nc1cc(Cl)ccc1Br. The van der Waals surface area contributed by atoms with Crippen LogP contribution in [0, 0.1) is 0 Å². The van der Waals surface area contributed by atoms with E-state index in [-0.39, 0.29) is 11.9 Å². The molecule has 0 saturated heterocycles. The van der Waals surface area contributed by atoms with Gasteiger partial charge in [-0.2, -0.15) is 4.99 Å². The molecule has 0 spiro atoms. The zero-order valence-electron chi connectivity index (χ0n) is 7.61. The fourth-order valence-corrected chi connectivity index (χ4v) is 1.35. The van der Waals surface area contributed by atoms with Gasteiger partial charge in [0.1, 0.15) is 0 Å². The monoisotopic (exact) mass is 289 g/mol. The Morgan fingerprint density at radius 3 is 2.53 bits per heavy atom. The van der Waals surface area contributed by atoms with Crippen molar-refractivity contribution in [2.45, 2.75) is 0 Å². The minimum atomic E-state index is -0.144. The van der Waals surface area contributed by atoms with E-state index >= 15 is 0 Å². The van der Waals surface area contributed by atoms with Crippen molar-refractivity contribution in [3.8, 4) is 0 Å². The van der Waals surface area contributed by atoms with E-state index < -0.39 is 0 Å². The standard InChI is InChI=1S/C8H9BrClN5/c9-5-2-1-4(10)3-6(5)14-8(13)15-7(11)12/h1-3H,(H6,11,12,13,14,15). The zero-order valence-corrected chi connectivity index (χ0v) is 9.96. The van der Waals surface area contributed by atoms with Gasteiger partial charge in [0.25, 0.3) is 0 Å². The molecular formula is C8H9BrClN5. The van der Waals surface area contributed by atoms with Gasteiger partial charge in [-0.15, -0.1) is 0 Å². The molecule has 1 rings (SSSR count). The Morgan fingerprint density at radius 2 is 1.93 bits per heavy atom. The van der Waals surface area contributed by atoms with Crippen molar-refractivity contribution >= 4 is 45.1 Å². The van der Waals surface area contributed by atoms with Gasteiger partial charge < -0.3 is 17.2 Å². The molecule has 7 heteroatoms. The van der Waals surface area contributed by atoms with Crippen LogP contribution in [0.5, 0.6) is 0 Å². The summed E-state index contributed by atoms with van der Waals surface area (Å²) in [6.07, 6.45) is 0. The average molecular weight is 291 g/mol. The minimum absolute atomic E-state index is 0.0297. The molecule has 0 heterocycles. The van der Waals surface area contributed by atoms with E-state index in [0.717, 1.165) is 4.47 Å². The lowest BCUT2D eigenvalue weighted by molar-refractivity contribution is 1.37. The van der Waals surface area contributed by atoms with Crippen molar-refractivity contribution in [3.63, 3.8) is 0 Å². The third-order valence-corrected chi connectivity index (χ3v) is 2.29. The number of nitrogens with two attached hydrogens (primary N) is 3. The predicted molar refractivity (Wildman–Crippen MR) is 66.2 cm³/mol. The van der Waals surface area contributed by atoms with Crippen LogP contribution in [-0.4, -0.2) is 11.9 Å². The maximum absolute atomic E-state index is 5.79. The number of rotatable bonds is 1. The van der Waals surface area contributed by atoms with E-state index in [1.165, 1.54) is 0 Å². The first-order chi connectivity index (χ1) is 6.99. The van der Waals surface area contributed by atoms with Crippen LogP contribution in [0.15, 0.2) is 32.7 Å². The molecule has 0 fully saturated rings. The van der Waals surface area contributed by atoms with Gasteiger partial charge in [-0.1, -0.05) is 11.6 Å². The summed E-state index contributed by atoms with van der Waals surface area (Å²) in [5.74, 6) is -0.174. The second-order valence-electron chi connectivity index (χ2n) is 2.60. The molecule has 1 aromatic carbocycles. The number of hydrogen-bond acceptors (Lipinski definition) is 1. The van der Waals surface area contributed by atoms with Crippen molar-refractivity contribution in [2.75, 3.05) is 0 Å². The molecule has 80 valence electrons. The Hall–Kier alpha value is -1.27. The lowest BCUT2D eigenvalue weighted by atomic mass is 10.3. The number of guanidine groups is 2. The number of aliphatic imine (C=N–C) groups is 2. The van der Waals surface area contributed by atoms with Gasteiger partial charge in [-0.25, -0.2) is 4.99 Å². The molecule has 0 amide bonds. The molecule has 0 saturated carbocycles. The van der Waals surface area contributed by atoms with Crippen LogP contribution in [0.3, 0.4) is 0 Å². The lowest BCUT2D eigenvalue weighted by Crippen LogP contribution is -2.26. The van der Waals surface area contributed by atoms with Gasteiger partial charge >= 0.3 is 0 Å². The van der Waals surface area contributed by atoms with Gasteiger partial charge in [0.2, 0.25) is 5.96 Å². The number of hydrogen-bond donors (Lipinski definition) is 3. The quantitative estimate of drug-likeness (QED) is 0.537. The van der Waals surface area contributed by atoms with E-state index in [0.29, 0.717) is 10.7 Å².